The largest absolute Gasteiger partial charge is 0.337 e. The van der Waals surface area contributed by atoms with E-state index in [9.17, 15) is 18.0 Å². The van der Waals surface area contributed by atoms with E-state index in [2.05, 4.69) is 48.5 Å². The molecule has 7 heteroatoms. The van der Waals surface area contributed by atoms with Crippen molar-refractivity contribution in [2.75, 3.05) is 13.1 Å². The van der Waals surface area contributed by atoms with E-state index in [0.29, 0.717) is 30.5 Å². The second-order valence-corrected chi connectivity index (χ2v) is 11.3. The van der Waals surface area contributed by atoms with Crippen LogP contribution in [0.25, 0.3) is 16.6 Å². The molecule has 1 amide bonds. The van der Waals surface area contributed by atoms with Crippen molar-refractivity contribution in [3.8, 4) is 5.69 Å². The van der Waals surface area contributed by atoms with Crippen LogP contribution in [-0.2, 0) is 5.41 Å². The Kier molecular flexibility index (Phi) is 5.73. The number of aromatic nitrogens is 2. The van der Waals surface area contributed by atoms with Gasteiger partial charge in [-0.3, -0.25) is 4.79 Å². The Balaban J connectivity index is 1.27. The van der Waals surface area contributed by atoms with Crippen molar-refractivity contribution in [1.29, 1.82) is 0 Å². The molecular formula is C33H28F3N3O. The highest BCUT2D eigenvalue weighted by Crippen LogP contribution is 2.68. The van der Waals surface area contributed by atoms with Gasteiger partial charge in [0.05, 0.1) is 17.4 Å². The van der Waals surface area contributed by atoms with Crippen molar-refractivity contribution in [3.05, 3.63) is 119 Å². The third-order valence-electron chi connectivity index (χ3n) is 9.09. The number of allylic oxidation sites excluding steroid dienone is 4. The van der Waals surface area contributed by atoms with Crippen LogP contribution in [0.5, 0.6) is 0 Å². The molecule has 202 valence electrons. The first kappa shape index (κ1) is 24.9. The number of hydrogen-bond donors (Lipinski definition) is 0. The molecule has 0 spiro atoms. The van der Waals surface area contributed by atoms with Crippen LogP contribution in [0, 0.1) is 30.5 Å². The second-order valence-electron chi connectivity index (χ2n) is 11.3. The third-order valence-corrected chi connectivity index (χ3v) is 9.09. The molecule has 2 heterocycles. The number of piperidine rings is 1. The Bertz CT molecular complexity index is 1690. The fourth-order valence-corrected chi connectivity index (χ4v) is 7.29. The van der Waals surface area contributed by atoms with Gasteiger partial charge < -0.3 is 4.90 Å². The second kappa shape index (κ2) is 9.22. The van der Waals surface area contributed by atoms with Gasteiger partial charge in [0.15, 0.2) is 0 Å². The van der Waals surface area contributed by atoms with E-state index < -0.39 is 6.43 Å². The molecule has 0 N–H and O–H groups in total. The normalized spacial score (nSPS) is 25.1. The molecule has 0 bridgehead atoms. The lowest BCUT2D eigenvalue weighted by molar-refractivity contribution is 0.0758. The summed E-state index contributed by atoms with van der Waals surface area (Å²) in [6.07, 6.45) is 8.85. The number of likely N-dealkylation sites (tertiary alicyclic amines) is 1. The third kappa shape index (κ3) is 3.82. The summed E-state index contributed by atoms with van der Waals surface area (Å²) < 4.78 is 42.0. The first-order valence-electron chi connectivity index (χ1n) is 13.6. The number of nitrogens with zero attached hydrogens (tertiary/aromatic N) is 3. The molecule has 3 aromatic carbocycles. The minimum Gasteiger partial charge on any atom is -0.337 e. The SMILES string of the molecule is Cc1cc2c(cnn2-c2ccc(F)cc2)cc1[C@]12CN(C(=O)c3cccc(C(F)F)c3)C[C@H]1[C@@H]2C1C=CC=CC1. The lowest BCUT2D eigenvalue weighted by atomic mass is 9.83. The maximum Gasteiger partial charge on any atom is 0.263 e. The molecule has 4 nitrogen and oxygen atoms in total. The molecule has 40 heavy (non-hydrogen) atoms. The van der Waals surface area contributed by atoms with Gasteiger partial charge in [0.1, 0.15) is 5.82 Å². The summed E-state index contributed by atoms with van der Waals surface area (Å²) in [4.78, 5) is 15.4. The van der Waals surface area contributed by atoms with Gasteiger partial charge in [-0.15, -0.1) is 0 Å². The van der Waals surface area contributed by atoms with Gasteiger partial charge in [0.25, 0.3) is 12.3 Å². The van der Waals surface area contributed by atoms with Gasteiger partial charge in [-0.25, -0.2) is 17.9 Å². The lowest BCUT2D eigenvalue weighted by Crippen LogP contribution is -2.36. The zero-order chi connectivity index (χ0) is 27.6. The first-order chi connectivity index (χ1) is 19.4. The Morgan fingerprint density at radius 3 is 2.65 bits per heavy atom. The molecular weight excluding hydrogens is 511 g/mol. The standard InChI is InChI=1S/C33H28F3N3O/c1-20-14-29-24(17-37-39(29)26-12-10-25(34)11-13-26)16-27(20)33-19-38(18-28(33)30(33)21-6-3-2-4-7-21)32(40)23-9-5-8-22(15-23)31(35)36/h2-6,8-17,21,28,30-31H,7,18-19H2,1H3/t21?,28-,30-,33+/m0/s1. The maximum atomic E-state index is 13.5. The van der Waals surface area contributed by atoms with Crippen molar-refractivity contribution in [2.24, 2.45) is 17.8 Å². The summed E-state index contributed by atoms with van der Waals surface area (Å²) >= 11 is 0. The van der Waals surface area contributed by atoms with Crippen molar-refractivity contribution < 1.29 is 18.0 Å². The summed E-state index contributed by atoms with van der Waals surface area (Å²) in [5.74, 6) is 0.547. The minimum atomic E-state index is -2.62. The average molecular weight is 540 g/mol. The van der Waals surface area contributed by atoms with Crippen molar-refractivity contribution >= 4 is 16.8 Å². The fraction of sp³-hybridized carbons (Fsp3) is 0.273. The highest BCUT2D eigenvalue weighted by molar-refractivity contribution is 5.95. The molecule has 3 aliphatic rings. The zero-order valence-electron chi connectivity index (χ0n) is 22.0. The summed E-state index contributed by atoms with van der Waals surface area (Å²) in [5.41, 5.74) is 4.01. The van der Waals surface area contributed by atoms with Crippen LogP contribution in [0.2, 0.25) is 0 Å². The van der Waals surface area contributed by atoms with Crippen LogP contribution in [0.1, 0.15) is 39.9 Å². The summed E-state index contributed by atoms with van der Waals surface area (Å²) in [7, 11) is 0. The number of amides is 1. The molecule has 1 unspecified atom stereocenters. The number of carbonyl (C=O) groups excluding carboxylic acids is 1. The number of benzene rings is 3. The number of rotatable bonds is 5. The van der Waals surface area contributed by atoms with E-state index in [-0.39, 0.29) is 28.6 Å². The summed E-state index contributed by atoms with van der Waals surface area (Å²) in [5, 5.41) is 5.59. The smallest absolute Gasteiger partial charge is 0.263 e. The molecule has 0 radical (unpaired) electrons. The molecule has 2 aliphatic carbocycles. The van der Waals surface area contributed by atoms with E-state index in [1.165, 1.54) is 35.9 Å². The predicted molar refractivity (Wildman–Crippen MR) is 148 cm³/mol. The van der Waals surface area contributed by atoms with Crippen LogP contribution in [0.15, 0.2) is 91.2 Å². The van der Waals surface area contributed by atoms with Gasteiger partial charge in [-0.05, 0) is 90.8 Å². The van der Waals surface area contributed by atoms with E-state index >= 15 is 0 Å². The Labute approximate surface area is 230 Å². The lowest BCUT2D eigenvalue weighted by Gasteiger charge is -2.28. The number of aryl methyl sites for hydroxylation is 1. The number of halogens is 3. The zero-order valence-corrected chi connectivity index (χ0v) is 22.0. The van der Waals surface area contributed by atoms with Gasteiger partial charge in [0, 0.05) is 35.0 Å². The van der Waals surface area contributed by atoms with E-state index in [0.717, 1.165) is 28.6 Å². The molecule has 4 aromatic rings. The molecule has 1 aromatic heterocycles. The Hall–Kier alpha value is -4.13. The Morgan fingerprint density at radius 1 is 1.07 bits per heavy atom. The Morgan fingerprint density at radius 2 is 1.90 bits per heavy atom. The van der Waals surface area contributed by atoms with Crippen LogP contribution in [0.4, 0.5) is 13.2 Å². The topological polar surface area (TPSA) is 38.1 Å². The molecule has 1 saturated heterocycles. The molecule has 1 aliphatic heterocycles. The number of alkyl halides is 2. The highest BCUT2D eigenvalue weighted by atomic mass is 19.3. The monoisotopic (exact) mass is 539 g/mol. The van der Waals surface area contributed by atoms with E-state index in [1.807, 2.05) is 15.8 Å². The minimum absolute atomic E-state index is 0.138. The average Bonchev–Trinajstić information content (AvgIpc) is 3.22. The molecule has 1 saturated carbocycles. The van der Waals surface area contributed by atoms with Gasteiger partial charge >= 0.3 is 0 Å². The van der Waals surface area contributed by atoms with Crippen LogP contribution >= 0.6 is 0 Å². The summed E-state index contributed by atoms with van der Waals surface area (Å²) in [6.45, 7) is 3.25. The molecule has 4 atom stereocenters. The van der Waals surface area contributed by atoms with E-state index in [1.54, 1.807) is 18.2 Å². The van der Waals surface area contributed by atoms with Gasteiger partial charge in [0.2, 0.25) is 0 Å². The fourth-order valence-electron chi connectivity index (χ4n) is 7.29. The van der Waals surface area contributed by atoms with Crippen molar-refractivity contribution in [1.82, 2.24) is 14.7 Å². The maximum absolute atomic E-state index is 13.5. The van der Waals surface area contributed by atoms with Gasteiger partial charge in [-0.1, -0.05) is 36.4 Å². The van der Waals surface area contributed by atoms with E-state index in [4.69, 9.17) is 0 Å². The van der Waals surface area contributed by atoms with Crippen LogP contribution in [-0.4, -0.2) is 33.7 Å². The van der Waals surface area contributed by atoms with Gasteiger partial charge in [-0.2, -0.15) is 5.10 Å². The number of fused-ring (bicyclic) bond motifs is 2. The number of carbonyl (C=O) groups is 1. The van der Waals surface area contributed by atoms with Crippen molar-refractivity contribution in [3.63, 3.8) is 0 Å². The predicted octanol–water partition coefficient (Wildman–Crippen LogP) is 7.18. The summed E-state index contributed by atoms with van der Waals surface area (Å²) in [6, 6.07) is 16.4. The molecule has 7 rings (SSSR count). The molecule has 2 fully saturated rings. The quantitative estimate of drug-likeness (QED) is 0.269. The van der Waals surface area contributed by atoms with Crippen molar-refractivity contribution in [2.45, 2.75) is 25.2 Å². The van der Waals surface area contributed by atoms with Crippen LogP contribution < -0.4 is 0 Å². The first-order valence-corrected chi connectivity index (χ1v) is 13.6. The highest BCUT2D eigenvalue weighted by Gasteiger charge is 2.71. The number of hydrogen-bond acceptors (Lipinski definition) is 2. The van der Waals surface area contributed by atoms with Crippen LogP contribution in [0.3, 0.4) is 0 Å².